The van der Waals surface area contributed by atoms with Crippen molar-refractivity contribution in [3.05, 3.63) is 93.9 Å². The number of methoxy groups -OCH3 is 1. The Bertz CT molecular complexity index is 1470. The van der Waals surface area contributed by atoms with Gasteiger partial charge in [-0.25, -0.2) is 4.39 Å². The van der Waals surface area contributed by atoms with Crippen molar-refractivity contribution >= 4 is 16.6 Å². The van der Waals surface area contributed by atoms with Crippen molar-refractivity contribution < 1.29 is 33.0 Å². The Kier molecular flexibility index (Phi) is 7.08. The van der Waals surface area contributed by atoms with Crippen LogP contribution in [-0.4, -0.2) is 36.0 Å². The first-order valence-corrected chi connectivity index (χ1v) is 11.9. The topological polar surface area (TPSA) is 102 Å². The average molecular weight is 521 g/mol. The molecule has 0 saturated carbocycles. The van der Waals surface area contributed by atoms with Crippen LogP contribution in [0.3, 0.4) is 0 Å². The molecule has 2 heterocycles. The highest BCUT2D eigenvalue weighted by Crippen LogP contribution is 2.40. The van der Waals surface area contributed by atoms with Gasteiger partial charge in [0.15, 0.2) is 28.9 Å². The molecule has 1 fully saturated rings. The SMILES string of the molecule is COc1cc2c(Oc3ccc([N+](=O)[O-])c(CC4(C)OCCO4)c3F)ccnc2cc1OCc1ccccc1. The lowest BCUT2D eigenvalue weighted by molar-refractivity contribution is -0.386. The van der Waals surface area contributed by atoms with Gasteiger partial charge in [-0.15, -0.1) is 0 Å². The molecule has 0 amide bonds. The highest BCUT2D eigenvalue weighted by atomic mass is 19.1. The fourth-order valence-electron chi connectivity index (χ4n) is 4.33. The molecule has 4 aromatic rings. The molecule has 0 spiro atoms. The van der Waals surface area contributed by atoms with Gasteiger partial charge < -0.3 is 23.7 Å². The molecule has 0 unspecified atom stereocenters. The van der Waals surface area contributed by atoms with Crippen molar-refractivity contribution in [2.45, 2.75) is 25.7 Å². The summed E-state index contributed by atoms with van der Waals surface area (Å²) in [6.45, 7) is 2.60. The molecule has 1 saturated heterocycles. The van der Waals surface area contributed by atoms with Crippen LogP contribution in [0.1, 0.15) is 18.1 Å². The van der Waals surface area contributed by atoms with E-state index in [4.69, 9.17) is 23.7 Å². The second kappa shape index (κ2) is 10.6. The predicted molar refractivity (Wildman–Crippen MR) is 136 cm³/mol. The van der Waals surface area contributed by atoms with Gasteiger partial charge >= 0.3 is 0 Å². The quantitative estimate of drug-likeness (QED) is 0.197. The number of pyridine rings is 1. The Labute approximate surface area is 217 Å². The van der Waals surface area contributed by atoms with Crippen molar-refractivity contribution in [3.8, 4) is 23.0 Å². The summed E-state index contributed by atoms with van der Waals surface area (Å²) in [4.78, 5) is 15.4. The molecule has 9 nitrogen and oxygen atoms in total. The minimum atomic E-state index is -1.17. The van der Waals surface area contributed by atoms with E-state index >= 15 is 4.39 Å². The van der Waals surface area contributed by atoms with E-state index in [9.17, 15) is 10.1 Å². The van der Waals surface area contributed by atoms with Crippen LogP contribution in [0.15, 0.2) is 66.9 Å². The van der Waals surface area contributed by atoms with Crippen LogP contribution >= 0.6 is 0 Å². The van der Waals surface area contributed by atoms with Gasteiger partial charge in [-0.1, -0.05) is 30.3 Å². The van der Waals surface area contributed by atoms with E-state index in [0.717, 1.165) is 5.56 Å². The molecule has 38 heavy (non-hydrogen) atoms. The van der Waals surface area contributed by atoms with Gasteiger partial charge in [-0.05, 0) is 30.7 Å². The largest absolute Gasteiger partial charge is 0.493 e. The zero-order chi connectivity index (χ0) is 26.7. The van der Waals surface area contributed by atoms with Crippen molar-refractivity contribution in [2.75, 3.05) is 20.3 Å². The molecule has 1 aromatic heterocycles. The predicted octanol–water partition coefficient (Wildman–Crippen LogP) is 5.97. The first-order valence-electron chi connectivity index (χ1n) is 11.9. The Morgan fingerprint density at radius 2 is 1.79 bits per heavy atom. The number of aromatic nitrogens is 1. The number of nitrogens with zero attached hydrogens (tertiary/aromatic N) is 2. The smallest absolute Gasteiger partial charge is 0.276 e. The third-order valence-corrected chi connectivity index (χ3v) is 6.22. The summed E-state index contributed by atoms with van der Waals surface area (Å²) in [5.41, 5.74) is 0.988. The number of hydrogen-bond acceptors (Lipinski definition) is 8. The molecule has 1 aliphatic heterocycles. The number of hydrogen-bond donors (Lipinski definition) is 0. The lowest BCUT2D eigenvalue weighted by Crippen LogP contribution is -2.29. The summed E-state index contributed by atoms with van der Waals surface area (Å²) in [5.74, 6) is -0.984. The molecule has 5 rings (SSSR count). The number of benzene rings is 3. The first-order chi connectivity index (χ1) is 18.4. The monoisotopic (exact) mass is 520 g/mol. The molecule has 0 bridgehead atoms. The number of halogens is 1. The summed E-state index contributed by atoms with van der Waals surface area (Å²) >= 11 is 0. The third-order valence-electron chi connectivity index (χ3n) is 6.22. The Morgan fingerprint density at radius 1 is 1.03 bits per heavy atom. The summed E-state index contributed by atoms with van der Waals surface area (Å²) in [5, 5.41) is 12.2. The van der Waals surface area contributed by atoms with Crippen molar-refractivity contribution in [2.24, 2.45) is 0 Å². The van der Waals surface area contributed by atoms with Crippen LogP contribution in [0, 0.1) is 15.9 Å². The highest BCUT2D eigenvalue weighted by Gasteiger charge is 2.36. The van der Waals surface area contributed by atoms with E-state index in [1.165, 1.54) is 25.4 Å². The van der Waals surface area contributed by atoms with Crippen LogP contribution in [0.25, 0.3) is 10.9 Å². The maximum atomic E-state index is 15.7. The maximum Gasteiger partial charge on any atom is 0.276 e. The molecule has 0 atom stereocenters. The van der Waals surface area contributed by atoms with Crippen molar-refractivity contribution in [1.29, 1.82) is 0 Å². The molecular formula is C28H25FN2O7. The van der Waals surface area contributed by atoms with Crippen LogP contribution in [0.4, 0.5) is 10.1 Å². The molecule has 10 heteroatoms. The molecule has 196 valence electrons. The Balaban J connectivity index is 1.48. The zero-order valence-corrected chi connectivity index (χ0v) is 20.8. The fourth-order valence-corrected chi connectivity index (χ4v) is 4.33. The molecule has 0 radical (unpaired) electrons. The second-order valence-electron chi connectivity index (χ2n) is 8.85. The summed E-state index contributed by atoms with van der Waals surface area (Å²) in [7, 11) is 1.52. The molecule has 0 N–H and O–H groups in total. The van der Waals surface area contributed by atoms with Crippen molar-refractivity contribution in [1.82, 2.24) is 4.98 Å². The van der Waals surface area contributed by atoms with Gasteiger partial charge in [0.25, 0.3) is 5.69 Å². The Hall–Kier alpha value is -4.28. The van der Waals surface area contributed by atoms with Crippen LogP contribution in [-0.2, 0) is 22.5 Å². The molecule has 0 aliphatic carbocycles. The van der Waals surface area contributed by atoms with Gasteiger partial charge in [-0.3, -0.25) is 15.1 Å². The van der Waals surface area contributed by atoms with Gasteiger partial charge in [0.1, 0.15) is 12.4 Å². The standard InChI is InChI=1S/C28H25FN2O7/c1-28(36-12-13-37-28)16-20-22(31(32)33)8-9-24(27(20)29)38-23-10-11-30-21-15-26(25(34-2)14-19(21)23)35-17-18-6-4-3-5-7-18/h3-11,14-15H,12-13,16-17H2,1-2H3. The first kappa shape index (κ1) is 25.4. The minimum absolute atomic E-state index is 0.153. The zero-order valence-electron chi connectivity index (χ0n) is 20.8. The lowest BCUT2D eigenvalue weighted by atomic mass is 10.0. The van der Waals surface area contributed by atoms with Crippen LogP contribution in [0.5, 0.6) is 23.0 Å². The number of ether oxygens (including phenoxy) is 5. The maximum absolute atomic E-state index is 15.7. The number of nitro groups is 1. The third kappa shape index (κ3) is 5.22. The minimum Gasteiger partial charge on any atom is -0.493 e. The normalized spacial score (nSPS) is 14.4. The summed E-state index contributed by atoms with van der Waals surface area (Å²) in [6.07, 6.45) is 1.37. The fraction of sp³-hybridized carbons (Fsp3) is 0.250. The number of fused-ring (bicyclic) bond motifs is 1. The lowest BCUT2D eigenvalue weighted by Gasteiger charge is -2.22. The van der Waals surface area contributed by atoms with Gasteiger partial charge in [0.2, 0.25) is 0 Å². The van der Waals surface area contributed by atoms with E-state index in [1.54, 1.807) is 25.1 Å². The number of nitro benzene ring substituents is 1. The summed E-state index contributed by atoms with van der Waals surface area (Å²) in [6, 6.07) is 17.1. The molecular weight excluding hydrogens is 495 g/mol. The van der Waals surface area contributed by atoms with E-state index in [2.05, 4.69) is 4.98 Å². The van der Waals surface area contributed by atoms with E-state index < -0.39 is 16.5 Å². The van der Waals surface area contributed by atoms with E-state index in [1.807, 2.05) is 30.3 Å². The second-order valence-corrected chi connectivity index (χ2v) is 8.85. The average Bonchev–Trinajstić information content (AvgIpc) is 3.35. The van der Waals surface area contributed by atoms with Gasteiger partial charge in [-0.2, -0.15) is 0 Å². The van der Waals surface area contributed by atoms with E-state index in [0.29, 0.717) is 48.0 Å². The molecule has 1 aliphatic rings. The van der Waals surface area contributed by atoms with E-state index in [-0.39, 0.29) is 23.4 Å². The van der Waals surface area contributed by atoms with Crippen LogP contribution < -0.4 is 14.2 Å². The molecule has 3 aromatic carbocycles. The Morgan fingerprint density at radius 3 is 2.50 bits per heavy atom. The van der Waals surface area contributed by atoms with Crippen LogP contribution in [0.2, 0.25) is 0 Å². The van der Waals surface area contributed by atoms with Gasteiger partial charge in [0.05, 0.1) is 36.3 Å². The van der Waals surface area contributed by atoms with Gasteiger partial charge in [0, 0.05) is 30.1 Å². The summed E-state index contributed by atoms with van der Waals surface area (Å²) < 4.78 is 44.2. The highest BCUT2D eigenvalue weighted by molar-refractivity contribution is 5.88. The number of rotatable bonds is 9. The van der Waals surface area contributed by atoms with Crippen molar-refractivity contribution in [3.63, 3.8) is 0 Å².